The van der Waals surface area contributed by atoms with Crippen LogP contribution >= 0.6 is 15.9 Å². The number of amides is 2. The molecule has 1 heterocycles. The number of nitrogens with zero attached hydrogens (tertiary/aromatic N) is 1. The van der Waals surface area contributed by atoms with E-state index in [-0.39, 0.29) is 12.2 Å². The summed E-state index contributed by atoms with van der Waals surface area (Å²) in [4.78, 5) is 29.4. The summed E-state index contributed by atoms with van der Waals surface area (Å²) in [5, 5.41) is 5.36. The second-order valence-corrected chi connectivity index (χ2v) is 6.95. The molecule has 2 amide bonds. The fraction of sp³-hybridized carbons (Fsp3) is 0.0455. The highest BCUT2D eigenvalue weighted by molar-refractivity contribution is 9.10. The topological polar surface area (TPSA) is 71.1 Å². The van der Waals surface area contributed by atoms with Gasteiger partial charge in [-0.15, -0.1) is 0 Å². The Labute approximate surface area is 175 Å². The molecule has 0 radical (unpaired) electrons. The number of pyridine rings is 1. The number of hydrogen-bond donors (Lipinski definition) is 2. The van der Waals surface area contributed by atoms with Crippen molar-refractivity contribution >= 4 is 33.8 Å². The van der Waals surface area contributed by atoms with E-state index >= 15 is 0 Å². The third-order valence-electron chi connectivity index (χ3n) is 3.95. The quantitative estimate of drug-likeness (QED) is 0.552. The van der Waals surface area contributed by atoms with Crippen LogP contribution < -0.4 is 10.6 Å². The van der Waals surface area contributed by atoms with Crippen LogP contribution in [0.25, 0.3) is 6.08 Å². The van der Waals surface area contributed by atoms with Crippen LogP contribution in [0.1, 0.15) is 21.5 Å². The predicted molar refractivity (Wildman–Crippen MR) is 112 cm³/mol. The molecule has 2 N–H and O–H groups in total. The van der Waals surface area contributed by atoms with Crippen LogP contribution in [-0.2, 0) is 11.3 Å². The fourth-order valence-corrected chi connectivity index (χ4v) is 3.00. The summed E-state index contributed by atoms with van der Waals surface area (Å²) in [5.74, 6) is -1.40. The molecule has 0 unspecified atom stereocenters. The maximum Gasteiger partial charge on any atom is 0.268 e. The average Bonchev–Trinajstić information content (AvgIpc) is 2.72. The van der Waals surface area contributed by atoms with Crippen molar-refractivity contribution in [1.82, 2.24) is 15.6 Å². The zero-order valence-electron chi connectivity index (χ0n) is 15.2. The molecule has 2 aromatic carbocycles. The van der Waals surface area contributed by atoms with Crippen molar-refractivity contribution in [3.63, 3.8) is 0 Å². The Bertz CT molecular complexity index is 1050. The van der Waals surface area contributed by atoms with Crippen molar-refractivity contribution in [2.75, 3.05) is 0 Å². The van der Waals surface area contributed by atoms with E-state index < -0.39 is 17.6 Å². The van der Waals surface area contributed by atoms with Gasteiger partial charge in [-0.1, -0.05) is 30.3 Å². The standard InChI is InChI=1S/C22H17BrFN3O2/c23-19-9-2-1-8-18(19)21(28)27-20(12-15-5-3-7-17(24)11-15)22(29)26-14-16-6-4-10-25-13-16/h1-13H,14H2,(H,26,29)(H,27,28)/b20-12+. The van der Waals surface area contributed by atoms with Crippen molar-refractivity contribution < 1.29 is 14.0 Å². The smallest absolute Gasteiger partial charge is 0.268 e. The van der Waals surface area contributed by atoms with Crippen LogP contribution in [0.4, 0.5) is 4.39 Å². The molecule has 7 heteroatoms. The van der Waals surface area contributed by atoms with E-state index in [1.54, 1.807) is 48.8 Å². The highest BCUT2D eigenvalue weighted by Crippen LogP contribution is 2.16. The number of halogens is 2. The van der Waals surface area contributed by atoms with Gasteiger partial charge in [0.05, 0.1) is 5.56 Å². The highest BCUT2D eigenvalue weighted by Gasteiger charge is 2.16. The Morgan fingerprint density at radius 2 is 1.90 bits per heavy atom. The molecule has 0 aliphatic heterocycles. The van der Waals surface area contributed by atoms with Crippen molar-refractivity contribution in [3.05, 3.63) is 106 Å². The summed E-state index contributed by atoms with van der Waals surface area (Å²) in [6.07, 6.45) is 4.70. The molecule has 3 rings (SSSR count). The van der Waals surface area contributed by atoms with E-state index in [1.807, 2.05) is 6.07 Å². The molecule has 1 aromatic heterocycles. The number of hydrogen-bond acceptors (Lipinski definition) is 3. The van der Waals surface area contributed by atoms with E-state index in [9.17, 15) is 14.0 Å². The van der Waals surface area contributed by atoms with Crippen molar-refractivity contribution in [2.45, 2.75) is 6.54 Å². The summed E-state index contributed by atoms with van der Waals surface area (Å²) in [7, 11) is 0. The second kappa shape index (κ2) is 9.75. The predicted octanol–water partition coefficient (Wildman–Crippen LogP) is 4.07. The fourth-order valence-electron chi connectivity index (χ4n) is 2.54. The Morgan fingerprint density at radius 3 is 2.62 bits per heavy atom. The molecule has 0 fully saturated rings. The van der Waals surface area contributed by atoms with Crippen LogP contribution in [0, 0.1) is 5.82 Å². The first kappa shape index (κ1) is 20.4. The van der Waals surface area contributed by atoms with Gasteiger partial charge < -0.3 is 10.6 Å². The zero-order valence-corrected chi connectivity index (χ0v) is 16.8. The van der Waals surface area contributed by atoms with Gasteiger partial charge in [0.15, 0.2) is 0 Å². The van der Waals surface area contributed by atoms with Crippen molar-refractivity contribution in [1.29, 1.82) is 0 Å². The lowest BCUT2D eigenvalue weighted by molar-refractivity contribution is -0.117. The maximum atomic E-state index is 13.5. The second-order valence-electron chi connectivity index (χ2n) is 6.09. The van der Waals surface area contributed by atoms with E-state index in [2.05, 4.69) is 31.5 Å². The van der Waals surface area contributed by atoms with Gasteiger partial charge in [0.1, 0.15) is 11.5 Å². The molecule has 0 bridgehead atoms. The van der Waals surface area contributed by atoms with Gasteiger partial charge in [-0.3, -0.25) is 14.6 Å². The van der Waals surface area contributed by atoms with E-state index in [4.69, 9.17) is 0 Å². The minimum Gasteiger partial charge on any atom is -0.347 e. The molecule has 0 saturated heterocycles. The third kappa shape index (κ3) is 5.83. The van der Waals surface area contributed by atoms with Gasteiger partial charge in [0.25, 0.3) is 11.8 Å². The lowest BCUT2D eigenvalue weighted by Crippen LogP contribution is -2.34. The molecular formula is C22H17BrFN3O2. The van der Waals surface area contributed by atoms with Gasteiger partial charge in [0.2, 0.25) is 0 Å². The number of benzene rings is 2. The molecule has 0 spiro atoms. The minimum absolute atomic E-state index is 0.000225. The van der Waals surface area contributed by atoms with Crippen LogP contribution in [0.15, 0.2) is 83.2 Å². The molecule has 0 saturated carbocycles. The summed E-state index contributed by atoms with van der Waals surface area (Å²) in [6, 6.07) is 16.2. The molecular weight excluding hydrogens is 437 g/mol. The molecule has 0 aliphatic rings. The lowest BCUT2D eigenvalue weighted by atomic mass is 10.1. The zero-order chi connectivity index (χ0) is 20.6. The SMILES string of the molecule is O=C(NCc1cccnc1)/C(=C\c1cccc(F)c1)NC(=O)c1ccccc1Br. The first-order valence-corrected chi connectivity index (χ1v) is 9.52. The summed E-state index contributed by atoms with van der Waals surface area (Å²) in [6.45, 7) is 0.234. The van der Waals surface area contributed by atoms with Crippen molar-refractivity contribution in [3.8, 4) is 0 Å². The number of rotatable bonds is 6. The molecule has 5 nitrogen and oxygen atoms in total. The van der Waals surface area contributed by atoms with Crippen LogP contribution in [0.5, 0.6) is 0 Å². The number of carbonyl (C=O) groups excluding carboxylic acids is 2. The normalized spacial score (nSPS) is 11.0. The summed E-state index contributed by atoms with van der Waals surface area (Å²) >= 11 is 3.32. The number of carbonyl (C=O) groups is 2. The first-order chi connectivity index (χ1) is 14.0. The van der Waals surface area contributed by atoms with Gasteiger partial charge in [-0.05, 0) is 63.5 Å². The van der Waals surface area contributed by atoms with E-state index in [1.165, 1.54) is 24.3 Å². The largest absolute Gasteiger partial charge is 0.347 e. The third-order valence-corrected chi connectivity index (χ3v) is 4.64. The monoisotopic (exact) mass is 453 g/mol. The Kier molecular flexibility index (Phi) is 6.86. The molecule has 3 aromatic rings. The Hall–Kier alpha value is -3.32. The van der Waals surface area contributed by atoms with Crippen LogP contribution in [0.3, 0.4) is 0 Å². The lowest BCUT2D eigenvalue weighted by Gasteiger charge is -2.12. The van der Waals surface area contributed by atoms with Gasteiger partial charge in [0, 0.05) is 23.4 Å². The van der Waals surface area contributed by atoms with Gasteiger partial charge in [-0.2, -0.15) is 0 Å². The molecule has 29 heavy (non-hydrogen) atoms. The number of aromatic nitrogens is 1. The van der Waals surface area contributed by atoms with Gasteiger partial charge in [-0.25, -0.2) is 4.39 Å². The average molecular weight is 454 g/mol. The summed E-state index contributed by atoms with van der Waals surface area (Å²) in [5.41, 5.74) is 1.63. The Morgan fingerprint density at radius 1 is 1.07 bits per heavy atom. The molecule has 0 atom stereocenters. The van der Waals surface area contributed by atoms with Crippen LogP contribution in [-0.4, -0.2) is 16.8 Å². The molecule has 146 valence electrons. The van der Waals surface area contributed by atoms with Crippen molar-refractivity contribution in [2.24, 2.45) is 0 Å². The minimum atomic E-state index is -0.501. The van der Waals surface area contributed by atoms with Crippen LogP contribution in [0.2, 0.25) is 0 Å². The number of nitrogens with one attached hydrogen (secondary N) is 2. The highest BCUT2D eigenvalue weighted by atomic mass is 79.9. The van der Waals surface area contributed by atoms with E-state index in [0.717, 1.165) is 5.56 Å². The maximum absolute atomic E-state index is 13.5. The first-order valence-electron chi connectivity index (χ1n) is 8.73. The summed E-state index contributed by atoms with van der Waals surface area (Å²) < 4.78 is 14.1. The van der Waals surface area contributed by atoms with E-state index in [0.29, 0.717) is 15.6 Å². The van der Waals surface area contributed by atoms with Gasteiger partial charge >= 0.3 is 0 Å². The Balaban J connectivity index is 1.84. The molecule has 0 aliphatic carbocycles.